The van der Waals surface area contributed by atoms with Gasteiger partial charge in [-0.05, 0) is 31.0 Å². The molecular weight excluding hydrogens is 328 g/mol. The van der Waals surface area contributed by atoms with Crippen LogP contribution >= 0.6 is 0 Å². The number of carbonyl (C=O) groups excluding carboxylic acids is 1. The smallest absolute Gasteiger partial charge is 0.225 e. The van der Waals surface area contributed by atoms with Crippen molar-refractivity contribution in [1.82, 2.24) is 10.2 Å². The third kappa shape index (κ3) is 6.96. The van der Waals surface area contributed by atoms with Crippen molar-refractivity contribution in [2.75, 3.05) is 26.3 Å². The molecule has 1 aliphatic heterocycles. The molecule has 0 saturated carbocycles. The van der Waals surface area contributed by atoms with E-state index in [1.54, 1.807) is 0 Å². The van der Waals surface area contributed by atoms with Gasteiger partial charge in [-0.15, -0.1) is 0 Å². The van der Waals surface area contributed by atoms with Gasteiger partial charge in [0, 0.05) is 25.7 Å². The molecule has 2 N–H and O–H groups in total. The molecule has 2 rings (SSSR count). The first-order valence-electron chi connectivity index (χ1n) is 9.97. The van der Waals surface area contributed by atoms with Crippen molar-refractivity contribution in [3.05, 3.63) is 29.8 Å². The fourth-order valence-electron chi connectivity index (χ4n) is 3.12. The number of aliphatic hydroxyl groups is 1. The minimum absolute atomic E-state index is 0.0185. The summed E-state index contributed by atoms with van der Waals surface area (Å²) in [4.78, 5) is 14.2. The predicted molar refractivity (Wildman–Crippen MR) is 104 cm³/mol. The molecule has 0 aliphatic carbocycles. The fraction of sp³-hybridized carbons (Fsp3) is 0.667. The third-order valence-corrected chi connectivity index (χ3v) is 4.84. The van der Waals surface area contributed by atoms with Crippen molar-refractivity contribution < 1.29 is 14.6 Å². The number of likely N-dealkylation sites (tertiary alicyclic amines) is 1. The van der Waals surface area contributed by atoms with Crippen molar-refractivity contribution >= 4 is 5.91 Å². The molecule has 1 aromatic rings. The number of ether oxygens (including phenoxy) is 1. The van der Waals surface area contributed by atoms with Crippen molar-refractivity contribution in [3.63, 3.8) is 0 Å². The molecule has 5 heteroatoms. The van der Waals surface area contributed by atoms with Gasteiger partial charge in [0.1, 0.15) is 5.75 Å². The van der Waals surface area contributed by atoms with Gasteiger partial charge in [0.2, 0.25) is 5.91 Å². The van der Waals surface area contributed by atoms with Crippen molar-refractivity contribution in [1.29, 1.82) is 0 Å². The second kappa shape index (κ2) is 11.2. The summed E-state index contributed by atoms with van der Waals surface area (Å²) in [6.45, 7) is 7.22. The normalized spacial score (nSPS) is 16.1. The van der Waals surface area contributed by atoms with Gasteiger partial charge in [0.05, 0.1) is 19.1 Å². The van der Waals surface area contributed by atoms with Crippen LogP contribution < -0.4 is 10.1 Å². The van der Waals surface area contributed by atoms with Gasteiger partial charge in [0.25, 0.3) is 0 Å². The maximum absolute atomic E-state index is 12.0. The molecule has 5 nitrogen and oxygen atoms in total. The lowest BCUT2D eigenvalue weighted by Gasteiger charge is -2.38. The van der Waals surface area contributed by atoms with Gasteiger partial charge in [-0.3, -0.25) is 9.69 Å². The molecule has 1 fully saturated rings. The number of aliphatic hydroxyl groups excluding tert-OH is 1. The van der Waals surface area contributed by atoms with Crippen LogP contribution in [0.4, 0.5) is 0 Å². The van der Waals surface area contributed by atoms with Gasteiger partial charge >= 0.3 is 0 Å². The zero-order valence-electron chi connectivity index (χ0n) is 16.2. The molecule has 1 aliphatic rings. The summed E-state index contributed by atoms with van der Waals surface area (Å²) in [6.07, 6.45) is 6.24. The molecule has 0 radical (unpaired) electrons. The van der Waals surface area contributed by atoms with Crippen LogP contribution in [0.5, 0.6) is 5.75 Å². The van der Waals surface area contributed by atoms with Crippen LogP contribution in [0.2, 0.25) is 0 Å². The quantitative estimate of drug-likeness (QED) is 0.561. The second-order valence-corrected chi connectivity index (χ2v) is 7.39. The Labute approximate surface area is 157 Å². The zero-order chi connectivity index (χ0) is 18.8. The highest BCUT2D eigenvalue weighted by Gasteiger charge is 2.32. The van der Waals surface area contributed by atoms with Crippen molar-refractivity contribution in [2.45, 2.75) is 58.5 Å². The summed E-state index contributed by atoms with van der Waals surface area (Å²) in [5.74, 6) is 1.02. The first-order chi connectivity index (χ1) is 12.6. The molecule has 0 spiro atoms. The molecule has 1 amide bonds. The van der Waals surface area contributed by atoms with E-state index in [9.17, 15) is 4.79 Å². The zero-order valence-corrected chi connectivity index (χ0v) is 16.2. The van der Waals surface area contributed by atoms with Gasteiger partial charge in [-0.25, -0.2) is 0 Å². The highest BCUT2D eigenvalue weighted by molar-refractivity contribution is 5.80. The van der Waals surface area contributed by atoms with Crippen LogP contribution in [-0.4, -0.2) is 48.3 Å². The van der Waals surface area contributed by atoms with E-state index in [2.05, 4.69) is 29.3 Å². The van der Waals surface area contributed by atoms with Crippen LogP contribution in [-0.2, 0) is 11.3 Å². The number of amides is 1. The number of hydrogen-bond donors (Lipinski definition) is 2. The summed E-state index contributed by atoms with van der Waals surface area (Å²) < 4.78 is 5.80. The van der Waals surface area contributed by atoms with E-state index >= 15 is 0 Å². The molecule has 1 heterocycles. The van der Waals surface area contributed by atoms with Crippen LogP contribution in [0.15, 0.2) is 24.3 Å². The van der Waals surface area contributed by atoms with E-state index in [-0.39, 0.29) is 24.5 Å². The number of hydrogen-bond acceptors (Lipinski definition) is 4. The molecule has 146 valence electrons. The van der Waals surface area contributed by atoms with E-state index in [4.69, 9.17) is 9.84 Å². The Bertz CT molecular complexity index is 527. The Morgan fingerprint density at radius 3 is 2.58 bits per heavy atom. The second-order valence-electron chi connectivity index (χ2n) is 7.39. The minimum Gasteiger partial charge on any atom is -0.494 e. The van der Waals surface area contributed by atoms with Crippen molar-refractivity contribution in [2.24, 2.45) is 5.92 Å². The highest BCUT2D eigenvalue weighted by Crippen LogP contribution is 2.20. The van der Waals surface area contributed by atoms with Crippen LogP contribution in [0.1, 0.15) is 51.5 Å². The van der Waals surface area contributed by atoms with E-state index in [1.165, 1.54) is 31.2 Å². The van der Waals surface area contributed by atoms with Crippen molar-refractivity contribution in [3.8, 4) is 5.75 Å². The molecule has 1 saturated heterocycles. The van der Waals surface area contributed by atoms with E-state index < -0.39 is 0 Å². The average Bonchev–Trinajstić information content (AvgIpc) is 2.61. The van der Waals surface area contributed by atoms with E-state index in [0.717, 1.165) is 38.4 Å². The van der Waals surface area contributed by atoms with E-state index in [1.807, 2.05) is 19.1 Å². The first kappa shape index (κ1) is 20.7. The summed E-state index contributed by atoms with van der Waals surface area (Å²) >= 11 is 0. The molecular formula is C21H34N2O3. The number of carbonyl (C=O) groups is 1. The maximum Gasteiger partial charge on any atom is 0.225 e. The lowest BCUT2D eigenvalue weighted by atomic mass is 9.98. The number of nitrogens with one attached hydrogen (secondary N) is 1. The summed E-state index contributed by atoms with van der Waals surface area (Å²) in [7, 11) is 0. The molecule has 1 aromatic carbocycles. The molecule has 26 heavy (non-hydrogen) atoms. The molecule has 1 atom stereocenters. The summed E-state index contributed by atoms with van der Waals surface area (Å²) in [5, 5.41) is 11.8. The minimum atomic E-state index is -0.171. The summed E-state index contributed by atoms with van der Waals surface area (Å²) in [5.41, 5.74) is 1.24. The Morgan fingerprint density at radius 2 is 1.92 bits per heavy atom. The number of unbranched alkanes of at least 4 members (excludes halogenated alkanes) is 4. The Hall–Kier alpha value is -1.59. The Morgan fingerprint density at radius 1 is 1.23 bits per heavy atom. The monoisotopic (exact) mass is 362 g/mol. The fourth-order valence-corrected chi connectivity index (χ4v) is 3.12. The highest BCUT2D eigenvalue weighted by atomic mass is 16.5. The lowest BCUT2D eigenvalue weighted by molar-refractivity contribution is -0.131. The molecule has 0 unspecified atom stereocenters. The van der Waals surface area contributed by atoms with Crippen LogP contribution in [0.25, 0.3) is 0 Å². The standard InChI is InChI=1S/C21H34N2O3/c1-3-4-5-6-7-12-26-20-10-8-18(9-11-20)13-23-14-19(15-23)21(25)22-17(2)16-24/h8-11,17,19,24H,3-7,12-16H2,1-2H3,(H,22,25)/t17-/m0/s1. The topological polar surface area (TPSA) is 61.8 Å². The predicted octanol–water partition coefficient (Wildman–Crippen LogP) is 2.96. The molecule has 0 aromatic heterocycles. The van der Waals surface area contributed by atoms with Gasteiger partial charge in [0.15, 0.2) is 0 Å². The molecule has 0 bridgehead atoms. The number of nitrogens with zero attached hydrogens (tertiary/aromatic N) is 1. The largest absolute Gasteiger partial charge is 0.494 e. The maximum atomic E-state index is 12.0. The van der Waals surface area contributed by atoms with Gasteiger partial charge in [-0.1, -0.05) is 44.7 Å². The first-order valence-corrected chi connectivity index (χ1v) is 9.97. The van der Waals surface area contributed by atoms with E-state index in [0.29, 0.717) is 0 Å². The number of benzene rings is 1. The van der Waals surface area contributed by atoms with Gasteiger partial charge in [-0.2, -0.15) is 0 Å². The Kier molecular flexibility index (Phi) is 8.92. The van der Waals surface area contributed by atoms with Crippen LogP contribution in [0, 0.1) is 5.92 Å². The lowest BCUT2D eigenvalue weighted by Crippen LogP contribution is -2.54. The average molecular weight is 363 g/mol. The Balaban J connectivity index is 1.62. The summed E-state index contributed by atoms with van der Waals surface area (Å²) in [6, 6.07) is 8.11. The van der Waals surface area contributed by atoms with Gasteiger partial charge < -0.3 is 15.2 Å². The SMILES string of the molecule is CCCCCCCOc1ccc(CN2CC(C(=O)N[C@@H](C)CO)C2)cc1. The van der Waals surface area contributed by atoms with Crippen LogP contribution in [0.3, 0.4) is 0 Å². The number of rotatable bonds is 12. The third-order valence-electron chi connectivity index (χ3n) is 4.84.